The number of amides is 1. The van der Waals surface area contributed by atoms with Crippen LogP contribution in [-0.2, 0) is 14.8 Å². The predicted octanol–water partition coefficient (Wildman–Crippen LogP) is 2.05. The normalized spacial score (nSPS) is 12.6. The summed E-state index contributed by atoms with van der Waals surface area (Å²) in [5.41, 5.74) is 2.54. The van der Waals surface area contributed by atoms with Crippen LogP contribution < -0.4 is 15.4 Å². The predicted molar refractivity (Wildman–Crippen MR) is 107 cm³/mol. The number of rotatable bonds is 9. The Hall–Kier alpha value is -2.22. The van der Waals surface area contributed by atoms with Crippen molar-refractivity contribution in [2.45, 2.75) is 31.2 Å². The van der Waals surface area contributed by atoms with E-state index in [1.165, 1.54) is 0 Å². The number of hydrogen-bond acceptors (Lipinski definition) is 4. The molecule has 2 rings (SSSR count). The lowest BCUT2D eigenvalue weighted by Gasteiger charge is -2.20. The Morgan fingerprint density at radius 3 is 2.41 bits per heavy atom. The summed E-state index contributed by atoms with van der Waals surface area (Å²) in [5.74, 6) is -0.135. The largest absolute Gasteiger partial charge is 0.348 e. The van der Waals surface area contributed by atoms with Crippen LogP contribution in [0.4, 0.5) is 0 Å². The highest BCUT2D eigenvalue weighted by molar-refractivity contribution is 7.89. The Bertz CT molecular complexity index is 867. The first-order valence-corrected chi connectivity index (χ1v) is 10.4. The minimum Gasteiger partial charge on any atom is -0.348 e. The maximum absolute atomic E-state index is 12.7. The van der Waals surface area contributed by atoms with Crippen LogP contribution >= 0.6 is 0 Å². The molecular weight excluding hydrogens is 362 g/mol. The molecule has 0 bridgehead atoms. The fourth-order valence-corrected chi connectivity index (χ4v) is 4.09. The zero-order chi connectivity index (χ0) is 19.9. The van der Waals surface area contributed by atoms with E-state index in [9.17, 15) is 13.2 Å². The van der Waals surface area contributed by atoms with Crippen molar-refractivity contribution in [3.63, 3.8) is 0 Å². The van der Waals surface area contributed by atoms with Gasteiger partial charge in [0, 0.05) is 19.5 Å². The lowest BCUT2D eigenvalue weighted by atomic mass is 10.1. The first kappa shape index (κ1) is 21.1. The Kier molecular flexibility index (Phi) is 7.53. The molecule has 27 heavy (non-hydrogen) atoms. The highest BCUT2D eigenvalue weighted by Gasteiger charge is 2.21. The standard InChI is InChI=1S/C20H27N3O3S/c1-15-9-10-19(16(2)13-15)27(25,26)22-14-18(17-7-5-4-6-8-17)23-20(24)11-12-21-3/h4-10,13,18,21-22H,11-12,14H2,1-3H3,(H,23,24). The van der Waals surface area contributed by atoms with Gasteiger partial charge in [-0.2, -0.15) is 0 Å². The lowest BCUT2D eigenvalue weighted by Crippen LogP contribution is -2.38. The van der Waals surface area contributed by atoms with Crippen LogP contribution in [0.15, 0.2) is 53.4 Å². The Labute approximate surface area is 161 Å². The van der Waals surface area contributed by atoms with E-state index >= 15 is 0 Å². The summed E-state index contributed by atoms with van der Waals surface area (Å²) in [4.78, 5) is 12.4. The van der Waals surface area contributed by atoms with Gasteiger partial charge < -0.3 is 10.6 Å². The summed E-state index contributed by atoms with van der Waals surface area (Å²) in [6, 6.07) is 14.1. The average Bonchev–Trinajstić information content (AvgIpc) is 2.63. The molecule has 2 aromatic rings. The summed E-state index contributed by atoms with van der Waals surface area (Å²) in [7, 11) is -1.90. The van der Waals surface area contributed by atoms with Gasteiger partial charge in [-0.05, 0) is 38.1 Å². The fraction of sp³-hybridized carbons (Fsp3) is 0.350. The summed E-state index contributed by atoms with van der Waals surface area (Å²) in [5, 5.41) is 5.84. The van der Waals surface area contributed by atoms with Crippen molar-refractivity contribution < 1.29 is 13.2 Å². The van der Waals surface area contributed by atoms with Crippen LogP contribution in [-0.4, -0.2) is 34.5 Å². The monoisotopic (exact) mass is 389 g/mol. The van der Waals surface area contributed by atoms with Gasteiger partial charge in [-0.15, -0.1) is 0 Å². The van der Waals surface area contributed by atoms with Crippen molar-refractivity contribution in [1.29, 1.82) is 0 Å². The summed E-state index contributed by atoms with van der Waals surface area (Å²) >= 11 is 0. The van der Waals surface area contributed by atoms with Crippen LogP contribution in [0.5, 0.6) is 0 Å². The van der Waals surface area contributed by atoms with Gasteiger partial charge in [-0.3, -0.25) is 4.79 Å². The van der Waals surface area contributed by atoms with Crippen molar-refractivity contribution in [2.75, 3.05) is 20.1 Å². The lowest BCUT2D eigenvalue weighted by molar-refractivity contribution is -0.121. The zero-order valence-electron chi connectivity index (χ0n) is 16.0. The van der Waals surface area contributed by atoms with Gasteiger partial charge >= 0.3 is 0 Å². The smallest absolute Gasteiger partial charge is 0.240 e. The molecule has 1 atom stereocenters. The minimum absolute atomic E-state index is 0.0744. The number of carbonyl (C=O) groups excluding carboxylic acids is 1. The summed E-state index contributed by atoms with van der Waals surface area (Å²) in [6.45, 7) is 4.32. The molecule has 0 spiro atoms. The van der Waals surface area contributed by atoms with E-state index in [0.717, 1.165) is 11.1 Å². The molecule has 1 amide bonds. The van der Waals surface area contributed by atoms with E-state index in [-0.39, 0.29) is 17.3 Å². The van der Waals surface area contributed by atoms with Crippen LogP contribution in [0.1, 0.15) is 29.2 Å². The van der Waals surface area contributed by atoms with Crippen LogP contribution in [0, 0.1) is 13.8 Å². The number of carbonyl (C=O) groups is 1. The maximum Gasteiger partial charge on any atom is 0.240 e. The molecule has 2 aromatic carbocycles. The number of sulfonamides is 1. The Morgan fingerprint density at radius 2 is 1.78 bits per heavy atom. The van der Waals surface area contributed by atoms with Crippen molar-refractivity contribution in [3.8, 4) is 0 Å². The molecule has 3 N–H and O–H groups in total. The number of aryl methyl sites for hydroxylation is 2. The molecule has 0 saturated heterocycles. The highest BCUT2D eigenvalue weighted by atomic mass is 32.2. The van der Waals surface area contributed by atoms with Crippen molar-refractivity contribution >= 4 is 15.9 Å². The van der Waals surface area contributed by atoms with E-state index in [1.807, 2.05) is 43.3 Å². The van der Waals surface area contributed by atoms with Crippen LogP contribution in [0.2, 0.25) is 0 Å². The summed E-state index contributed by atoms with van der Waals surface area (Å²) < 4.78 is 28.1. The van der Waals surface area contributed by atoms with Gasteiger partial charge in [0.2, 0.25) is 15.9 Å². The van der Waals surface area contributed by atoms with Gasteiger partial charge in [0.15, 0.2) is 0 Å². The molecule has 0 radical (unpaired) electrons. The summed E-state index contributed by atoms with van der Waals surface area (Å²) in [6.07, 6.45) is 0.323. The molecular formula is C20H27N3O3S. The van der Waals surface area contributed by atoms with Crippen molar-refractivity contribution in [3.05, 3.63) is 65.2 Å². The first-order valence-electron chi connectivity index (χ1n) is 8.89. The van der Waals surface area contributed by atoms with Crippen LogP contribution in [0.25, 0.3) is 0 Å². The molecule has 146 valence electrons. The second kappa shape index (κ2) is 9.64. The van der Waals surface area contributed by atoms with Crippen molar-refractivity contribution in [2.24, 2.45) is 0 Å². The van der Waals surface area contributed by atoms with Gasteiger partial charge in [-0.25, -0.2) is 13.1 Å². The van der Waals surface area contributed by atoms with Gasteiger partial charge in [-0.1, -0.05) is 48.0 Å². The highest BCUT2D eigenvalue weighted by Crippen LogP contribution is 2.18. The molecule has 6 nitrogen and oxygen atoms in total. The molecule has 0 aromatic heterocycles. The number of hydrogen-bond donors (Lipinski definition) is 3. The topological polar surface area (TPSA) is 87.3 Å². The van der Waals surface area contributed by atoms with Gasteiger partial charge in [0.05, 0.1) is 10.9 Å². The maximum atomic E-state index is 12.7. The first-order chi connectivity index (χ1) is 12.8. The van der Waals surface area contributed by atoms with Gasteiger partial charge in [0.25, 0.3) is 0 Å². The van der Waals surface area contributed by atoms with Crippen LogP contribution in [0.3, 0.4) is 0 Å². The molecule has 0 heterocycles. The third kappa shape index (κ3) is 6.16. The van der Waals surface area contributed by atoms with E-state index < -0.39 is 16.1 Å². The average molecular weight is 390 g/mol. The second-order valence-electron chi connectivity index (χ2n) is 6.51. The molecule has 0 fully saturated rings. The number of benzene rings is 2. The van der Waals surface area contributed by atoms with E-state index in [4.69, 9.17) is 0 Å². The minimum atomic E-state index is -3.68. The third-order valence-electron chi connectivity index (χ3n) is 4.24. The zero-order valence-corrected chi connectivity index (χ0v) is 16.8. The van der Waals surface area contributed by atoms with Crippen molar-refractivity contribution in [1.82, 2.24) is 15.4 Å². The SMILES string of the molecule is CNCCC(=O)NC(CNS(=O)(=O)c1ccc(C)cc1C)c1ccccc1. The van der Waals surface area contributed by atoms with E-state index in [0.29, 0.717) is 18.5 Å². The quantitative estimate of drug-likeness (QED) is 0.613. The third-order valence-corrected chi connectivity index (χ3v) is 5.82. The number of nitrogens with one attached hydrogen (secondary N) is 3. The fourth-order valence-electron chi connectivity index (χ4n) is 2.81. The van der Waals surface area contributed by atoms with E-state index in [1.54, 1.807) is 26.1 Å². The van der Waals surface area contributed by atoms with E-state index in [2.05, 4.69) is 15.4 Å². The Balaban J connectivity index is 2.16. The molecule has 0 saturated carbocycles. The molecule has 0 aliphatic carbocycles. The Morgan fingerprint density at radius 1 is 1.07 bits per heavy atom. The molecule has 0 aliphatic rings. The van der Waals surface area contributed by atoms with Gasteiger partial charge in [0.1, 0.15) is 0 Å². The molecule has 7 heteroatoms. The molecule has 1 unspecified atom stereocenters. The second-order valence-corrected chi connectivity index (χ2v) is 8.24. The molecule has 0 aliphatic heterocycles.